The fraction of sp³-hybridized carbons (Fsp3) is 0.438. The summed E-state index contributed by atoms with van der Waals surface area (Å²) in [6.07, 6.45) is 1.47. The molecule has 0 radical (unpaired) electrons. The van der Waals surface area contributed by atoms with Crippen molar-refractivity contribution in [2.24, 2.45) is 12.8 Å². The molecule has 0 aliphatic heterocycles. The molecule has 0 bridgehead atoms. The molecule has 1 heterocycles. The van der Waals surface area contributed by atoms with Crippen LogP contribution in [0.15, 0.2) is 24.3 Å². The highest BCUT2D eigenvalue weighted by Crippen LogP contribution is 2.22. The lowest BCUT2D eigenvalue weighted by atomic mass is 10.1. The maximum atomic E-state index is 13.4. The van der Waals surface area contributed by atoms with E-state index in [2.05, 4.69) is 12.0 Å². The van der Waals surface area contributed by atoms with Gasteiger partial charge in [-0.1, -0.05) is 6.92 Å². The molecule has 1 atom stereocenters. The number of aryl methyl sites for hydroxylation is 2. The standard InChI is InChI=1S/C16H22FN3O/c1-4-14-9-15(20(3)19-14)10-21-16-6-5-13(17)8-12(16)7-11(2)18/h5-6,8-9,11H,4,7,10,18H2,1-3H3. The molecule has 1 aromatic heterocycles. The van der Waals surface area contributed by atoms with Crippen LogP contribution in [-0.4, -0.2) is 15.8 Å². The Hall–Kier alpha value is -1.88. The van der Waals surface area contributed by atoms with Gasteiger partial charge in [-0.3, -0.25) is 4.68 Å². The van der Waals surface area contributed by atoms with Crippen LogP contribution in [0.1, 0.15) is 30.8 Å². The summed E-state index contributed by atoms with van der Waals surface area (Å²) in [5, 5.41) is 4.38. The average molecular weight is 291 g/mol. The summed E-state index contributed by atoms with van der Waals surface area (Å²) in [6, 6.07) is 6.52. The Morgan fingerprint density at radius 3 is 2.76 bits per heavy atom. The van der Waals surface area contributed by atoms with E-state index in [-0.39, 0.29) is 11.9 Å². The summed E-state index contributed by atoms with van der Waals surface area (Å²) in [6.45, 7) is 4.36. The summed E-state index contributed by atoms with van der Waals surface area (Å²) in [4.78, 5) is 0. The number of hydrogen-bond donors (Lipinski definition) is 1. The molecule has 0 saturated heterocycles. The maximum absolute atomic E-state index is 13.4. The quantitative estimate of drug-likeness (QED) is 0.890. The number of nitrogens with two attached hydrogens (primary N) is 1. The van der Waals surface area contributed by atoms with Gasteiger partial charge in [-0.2, -0.15) is 5.10 Å². The van der Waals surface area contributed by atoms with E-state index in [0.717, 1.165) is 23.4 Å². The lowest BCUT2D eigenvalue weighted by Gasteiger charge is -2.13. The molecule has 0 aliphatic rings. The van der Waals surface area contributed by atoms with Gasteiger partial charge in [0.15, 0.2) is 0 Å². The van der Waals surface area contributed by atoms with Crippen LogP contribution in [0.4, 0.5) is 4.39 Å². The number of nitrogens with zero attached hydrogens (tertiary/aromatic N) is 2. The van der Waals surface area contributed by atoms with Crippen molar-refractivity contribution in [1.82, 2.24) is 9.78 Å². The molecule has 21 heavy (non-hydrogen) atoms. The molecule has 1 unspecified atom stereocenters. The van der Waals surface area contributed by atoms with Crippen LogP contribution in [0.2, 0.25) is 0 Å². The zero-order valence-corrected chi connectivity index (χ0v) is 12.8. The van der Waals surface area contributed by atoms with Gasteiger partial charge in [-0.15, -0.1) is 0 Å². The summed E-state index contributed by atoms with van der Waals surface area (Å²) in [7, 11) is 1.89. The molecule has 2 aromatic rings. The molecule has 5 heteroatoms. The lowest BCUT2D eigenvalue weighted by molar-refractivity contribution is 0.291. The van der Waals surface area contributed by atoms with Crippen LogP contribution >= 0.6 is 0 Å². The number of halogens is 1. The van der Waals surface area contributed by atoms with Gasteiger partial charge in [0.2, 0.25) is 0 Å². The Balaban J connectivity index is 2.13. The fourth-order valence-electron chi connectivity index (χ4n) is 2.23. The van der Waals surface area contributed by atoms with E-state index >= 15 is 0 Å². The van der Waals surface area contributed by atoms with E-state index in [9.17, 15) is 4.39 Å². The van der Waals surface area contributed by atoms with Crippen LogP contribution in [0.5, 0.6) is 5.75 Å². The molecular weight excluding hydrogens is 269 g/mol. The van der Waals surface area contributed by atoms with Crippen molar-refractivity contribution < 1.29 is 9.13 Å². The molecule has 0 aliphatic carbocycles. The first-order valence-corrected chi connectivity index (χ1v) is 7.18. The molecular formula is C16H22FN3O. The van der Waals surface area contributed by atoms with Crippen LogP contribution in [0.25, 0.3) is 0 Å². The third-order valence-corrected chi connectivity index (χ3v) is 3.33. The van der Waals surface area contributed by atoms with Gasteiger partial charge >= 0.3 is 0 Å². The van der Waals surface area contributed by atoms with Crippen molar-refractivity contribution in [2.75, 3.05) is 0 Å². The van der Waals surface area contributed by atoms with E-state index in [1.165, 1.54) is 12.1 Å². The zero-order valence-electron chi connectivity index (χ0n) is 12.8. The smallest absolute Gasteiger partial charge is 0.130 e. The highest BCUT2D eigenvalue weighted by Gasteiger charge is 2.10. The highest BCUT2D eigenvalue weighted by molar-refractivity contribution is 5.34. The SMILES string of the molecule is CCc1cc(COc2ccc(F)cc2CC(C)N)n(C)n1. The number of benzene rings is 1. The van der Waals surface area contributed by atoms with Crippen LogP contribution in [0.3, 0.4) is 0 Å². The number of hydrogen-bond acceptors (Lipinski definition) is 3. The molecule has 0 saturated carbocycles. The van der Waals surface area contributed by atoms with E-state index in [1.54, 1.807) is 6.07 Å². The van der Waals surface area contributed by atoms with Gasteiger partial charge in [-0.05, 0) is 49.6 Å². The first-order valence-electron chi connectivity index (χ1n) is 7.18. The monoisotopic (exact) mass is 291 g/mol. The molecule has 2 rings (SSSR count). The van der Waals surface area contributed by atoms with E-state index in [4.69, 9.17) is 10.5 Å². The van der Waals surface area contributed by atoms with Crippen LogP contribution < -0.4 is 10.5 Å². The van der Waals surface area contributed by atoms with E-state index in [1.807, 2.05) is 24.7 Å². The Morgan fingerprint density at radius 1 is 1.38 bits per heavy atom. The topological polar surface area (TPSA) is 53.1 Å². The molecule has 1 aromatic carbocycles. The minimum absolute atomic E-state index is 0.0439. The van der Waals surface area contributed by atoms with Gasteiger partial charge < -0.3 is 10.5 Å². The molecule has 0 amide bonds. The Kier molecular flexibility index (Phi) is 4.96. The minimum Gasteiger partial charge on any atom is -0.487 e. The average Bonchev–Trinajstić information content (AvgIpc) is 2.78. The summed E-state index contributed by atoms with van der Waals surface area (Å²) < 4.78 is 21.0. The van der Waals surface area contributed by atoms with Crippen molar-refractivity contribution in [2.45, 2.75) is 39.3 Å². The van der Waals surface area contributed by atoms with Gasteiger partial charge in [0.25, 0.3) is 0 Å². The molecule has 114 valence electrons. The molecule has 2 N–H and O–H groups in total. The fourth-order valence-corrected chi connectivity index (χ4v) is 2.23. The molecule has 0 fully saturated rings. The van der Waals surface area contributed by atoms with Crippen LogP contribution in [0, 0.1) is 5.82 Å². The first kappa shape index (κ1) is 15.5. The maximum Gasteiger partial charge on any atom is 0.130 e. The Labute approximate surface area is 124 Å². The van der Waals surface area contributed by atoms with Gasteiger partial charge in [0.05, 0.1) is 11.4 Å². The minimum atomic E-state index is -0.271. The first-order chi connectivity index (χ1) is 9.99. The van der Waals surface area contributed by atoms with Crippen molar-refractivity contribution in [3.05, 3.63) is 47.0 Å². The second-order valence-electron chi connectivity index (χ2n) is 5.33. The van der Waals surface area contributed by atoms with Crippen molar-refractivity contribution in [3.63, 3.8) is 0 Å². The highest BCUT2D eigenvalue weighted by atomic mass is 19.1. The van der Waals surface area contributed by atoms with E-state index < -0.39 is 0 Å². The summed E-state index contributed by atoms with van der Waals surface area (Å²) in [5.41, 5.74) is 8.62. The predicted octanol–water partition coefficient (Wildman–Crippen LogP) is 2.59. The van der Waals surface area contributed by atoms with Gasteiger partial charge in [-0.25, -0.2) is 4.39 Å². The predicted molar refractivity (Wildman–Crippen MR) is 80.7 cm³/mol. The number of ether oxygens (including phenoxy) is 1. The van der Waals surface area contributed by atoms with Crippen molar-refractivity contribution >= 4 is 0 Å². The summed E-state index contributed by atoms with van der Waals surface area (Å²) in [5.74, 6) is 0.403. The number of rotatable bonds is 6. The Bertz CT molecular complexity index is 608. The molecule has 4 nitrogen and oxygen atoms in total. The molecule has 0 spiro atoms. The van der Waals surface area contributed by atoms with Crippen molar-refractivity contribution in [3.8, 4) is 5.75 Å². The Morgan fingerprint density at radius 2 is 2.14 bits per heavy atom. The van der Waals surface area contributed by atoms with E-state index in [0.29, 0.717) is 18.8 Å². The van der Waals surface area contributed by atoms with Gasteiger partial charge in [0, 0.05) is 13.1 Å². The number of aromatic nitrogens is 2. The third kappa shape index (κ3) is 4.04. The normalized spacial score (nSPS) is 12.4. The summed E-state index contributed by atoms with van der Waals surface area (Å²) >= 11 is 0. The zero-order chi connectivity index (χ0) is 15.4. The lowest BCUT2D eigenvalue weighted by Crippen LogP contribution is -2.18. The third-order valence-electron chi connectivity index (χ3n) is 3.33. The van der Waals surface area contributed by atoms with Crippen LogP contribution in [-0.2, 0) is 26.5 Å². The second kappa shape index (κ2) is 6.72. The second-order valence-corrected chi connectivity index (χ2v) is 5.33. The van der Waals surface area contributed by atoms with Gasteiger partial charge in [0.1, 0.15) is 18.2 Å². The van der Waals surface area contributed by atoms with Crippen molar-refractivity contribution in [1.29, 1.82) is 0 Å². The largest absolute Gasteiger partial charge is 0.487 e.